The number of aromatic nitrogens is 3. The van der Waals surface area contributed by atoms with Crippen molar-refractivity contribution in [3.8, 4) is 22.8 Å². The number of hydrogen-bond donors (Lipinski definition) is 1. The fourth-order valence-corrected chi connectivity index (χ4v) is 2.27. The molecule has 0 fully saturated rings. The first-order valence-electron chi connectivity index (χ1n) is 6.48. The van der Waals surface area contributed by atoms with Crippen molar-refractivity contribution in [3.05, 3.63) is 54.1 Å². The smallest absolute Gasteiger partial charge is 0.181 e. The van der Waals surface area contributed by atoms with Gasteiger partial charge >= 0.3 is 0 Å². The highest BCUT2D eigenvalue weighted by atomic mass is 15.3. The molecule has 0 bridgehead atoms. The Morgan fingerprint density at radius 2 is 1.80 bits per heavy atom. The highest BCUT2D eigenvalue weighted by Crippen LogP contribution is 2.25. The van der Waals surface area contributed by atoms with Gasteiger partial charge in [0.2, 0.25) is 0 Å². The van der Waals surface area contributed by atoms with Gasteiger partial charge in [0.05, 0.1) is 0 Å². The summed E-state index contributed by atoms with van der Waals surface area (Å²) in [6.45, 7) is 2.03. The Hall–Kier alpha value is -2.62. The minimum atomic E-state index is 0.735. The summed E-state index contributed by atoms with van der Waals surface area (Å²) < 4.78 is 1.81. The van der Waals surface area contributed by atoms with Crippen LogP contribution in [-0.2, 0) is 7.05 Å². The van der Waals surface area contributed by atoms with Crippen LogP contribution in [0.25, 0.3) is 22.8 Å². The van der Waals surface area contributed by atoms with E-state index >= 15 is 0 Å². The molecular weight excluding hydrogens is 248 g/mol. The van der Waals surface area contributed by atoms with Crippen LogP contribution in [0.4, 0.5) is 5.69 Å². The lowest BCUT2D eigenvalue weighted by atomic mass is 10.1. The third-order valence-electron chi connectivity index (χ3n) is 3.29. The van der Waals surface area contributed by atoms with E-state index in [1.807, 2.05) is 62.5 Å². The van der Waals surface area contributed by atoms with Crippen LogP contribution in [0, 0.1) is 6.92 Å². The summed E-state index contributed by atoms with van der Waals surface area (Å²) in [7, 11) is 1.91. The lowest BCUT2D eigenvalue weighted by molar-refractivity contribution is 0.777. The van der Waals surface area contributed by atoms with Crippen LogP contribution >= 0.6 is 0 Å². The first-order valence-corrected chi connectivity index (χ1v) is 6.48. The molecule has 0 saturated heterocycles. The van der Waals surface area contributed by atoms with E-state index in [-0.39, 0.29) is 0 Å². The SMILES string of the molecule is Cc1cc(N)ccc1-c1nc(-c2ccccc2)nn1C. The molecule has 0 unspecified atom stereocenters. The van der Waals surface area contributed by atoms with Gasteiger partial charge in [0.15, 0.2) is 11.6 Å². The summed E-state index contributed by atoms with van der Waals surface area (Å²) in [5.41, 5.74) is 9.72. The lowest BCUT2D eigenvalue weighted by Crippen LogP contribution is -1.97. The molecule has 2 aromatic carbocycles. The van der Waals surface area contributed by atoms with Crippen molar-refractivity contribution in [1.82, 2.24) is 14.8 Å². The van der Waals surface area contributed by atoms with Crippen molar-refractivity contribution in [2.45, 2.75) is 6.92 Å². The normalized spacial score (nSPS) is 10.7. The number of hydrogen-bond acceptors (Lipinski definition) is 3. The second kappa shape index (κ2) is 4.81. The zero-order chi connectivity index (χ0) is 14.1. The third kappa shape index (κ3) is 2.16. The summed E-state index contributed by atoms with van der Waals surface area (Å²) >= 11 is 0. The van der Waals surface area contributed by atoms with E-state index in [1.54, 1.807) is 4.68 Å². The summed E-state index contributed by atoms with van der Waals surface area (Å²) in [6.07, 6.45) is 0. The molecule has 0 aliphatic carbocycles. The first-order chi connectivity index (χ1) is 9.65. The van der Waals surface area contributed by atoms with E-state index in [1.165, 1.54) is 0 Å². The Labute approximate surface area is 117 Å². The molecule has 20 heavy (non-hydrogen) atoms. The molecule has 0 amide bonds. The van der Waals surface area contributed by atoms with Gasteiger partial charge in [0.25, 0.3) is 0 Å². The van der Waals surface area contributed by atoms with Crippen LogP contribution in [0.3, 0.4) is 0 Å². The molecule has 0 aliphatic heterocycles. The van der Waals surface area contributed by atoms with Crippen LogP contribution < -0.4 is 5.73 Å². The van der Waals surface area contributed by atoms with Crippen molar-refractivity contribution >= 4 is 5.69 Å². The second-order valence-corrected chi connectivity index (χ2v) is 4.82. The molecule has 3 rings (SSSR count). The van der Waals surface area contributed by atoms with Gasteiger partial charge in [-0.05, 0) is 30.7 Å². The second-order valence-electron chi connectivity index (χ2n) is 4.82. The molecule has 1 heterocycles. The van der Waals surface area contributed by atoms with Crippen LogP contribution in [0.5, 0.6) is 0 Å². The number of nitrogen functional groups attached to an aromatic ring is 1. The molecule has 0 saturated carbocycles. The highest BCUT2D eigenvalue weighted by Gasteiger charge is 2.12. The Balaban J connectivity index is 2.10. The van der Waals surface area contributed by atoms with Gasteiger partial charge in [-0.3, -0.25) is 0 Å². The van der Waals surface area contributed by atoms with E-state index in [0.29, 0.717) is 0 Å². The van der Waals surface area contributed by atoms with Crippen LogP contribution in [0.15, 0.2) is 48.5 Å². The topological polar surface area (TPSA) is 56.7 Å². The van der Waals surface area contributed by atoms with E-state index in [0.717, 1.165) is 34.0 Å². The van der Waals surface area contributed by atoms with Gasteiger partial charge < -0.3 is 5.73 Å². The first kappa shape index (κ1) is 12.4. The summed E-state index contributed by atoms with van der Waals surface area (Å²) in [6, 6.07) is 15.8. The predicted molar refractivity (Wildman–Crippen MR) is 81.0 cm³/mol. The summed E-state index contributed by atoms with van der Waals surface area (Å²) in [5.74, 6) is 1.58. The van der Waals surface area contributed by atoms with Gasteiger partial charge in [-0.1, -0.05) is 30.3 Å². The van der Waals surface area contributed by atoms with Gasteiger partial charge in [-0.25, -0.2) is 9.67 Å². The van der Waals surface area contributed by atoms with Crippen molar-refractivity contribution in [3.63, 3.8) is 0 Å². The van der Waals surface area contributed by atoms with E-state index < -0.39 is 0 Å². The minimum Gasteiger partial charge on any atom is -0.399 e. The molecule has 0 atom stereocenters. The van der Waals surface area contributed by atoms with Crippen LogP contribution in [0.1, 0.15) is 5.56 Å². The van der Waals surface area contributed by atoms with E-state index in [4.69, 9.17) is 5.73 Å². The van der Waals surface area contributed by atoms with Crippen molar-refractivity contribution in [2.75, 3.05) is 5.73 Å². The molecule has 3 aromatic rings. The monoisotopic (exact) mass is 264 g/mol. The highest BCUT2D eigenvalue weighted by molar-refractivity contribution is 5.66. The summed E-state index contributed by atoms with van der Waals surface area (Å²) in [5, 5.41) is 4.50. The molecule has 0 spiro atoms. The fourth-order valence-electron chi connectivity index (χ4n) is 2.27. The molecule has 1 aromatic heterocycles. The summed E-state index contributed by atoms with van der Waals surface area (Å²) in [4.78, 5) is 4.65. The molecule has 4 heteroatoms. The van der Waals surface area contributed by atoms with Gasteiger partial charge in [0.1, 0.15) is 0 Å². The zero-order valence-corrected chi connectivity index (χ0v) is 11.5. The third-order valence-corrected chi connectivity index (χ3v) is 3.29. The maximum atomic E-state index is 5.80. The number of anilines is 1. The van der Waals surface area contributed by atoms with Crippen molar-refractivity contribution in [1.29, 1.82) is 0 Å². The molecule has 100 valence electrons. The Kier molecular flexibility index (Phi) is 2.99. The maximum absolute atomic E-state index is 5.80. The van der Waals surface area contributed by atoms with Crippen LogP contribution in [-0.4, -0.2) is 14.8 Å². The number of nitrogens with two attached hydrogens (primary N) is 1. The lowest BCUT2D eigenvalue weighted by Gasteiger charge is -2.05. The Bertz CT molecular complexity index is 744. The van der Waals surface area contributed by atoms with E-state index in [9.17, 15) is 0 Å². The number of aryl methyl sites for hydroxylation is 2. The molecule has 4 nitrogen and oxygen atoms in total. The molecule has 0 aliphatic rings. The number of benzene rings is 2. The quantitative estimate of drug-likeness (QED) is 0.724. The number of nitrogens with zero attached hydrogens (tertiary/aromatic N) is 3. The van der Waals surface area contributed by atoms with Crippen LogP contribution in [0.2, 0.25) is 0 Å². The molecule has 0 radical (unpaired) electrons. The maximum Gasteiger partial charge on any atom is 0.181 e. The van der Waals surface area contributed by atoms with Gasteiger partial charge in [0, 0.05) is 23.9 Å². The largest absolute Gasteiger partial charge is 0.399 e. The standard InChI is InChI=1S/C16H16N4/c1-11-10-13(17)8-9-14(11)16-18-15(19-20(16)2)12-6-4-3-5-7-12/h3-10H,17H2,1-2H3. The van der Waals surface area contributed by atoms with Crippen molar-refractivity contribution in [2.24, 2.45) is 7.05 Å². The number of rotatable bonds is 2. The van der Waals surface area contributed by atoms with Gasteiger partial charge in [-0.15, -0.1) is 0 Å². The molecule has 2 N–H and O–H groups in total. The zero-order valence-electron chi connectivity index (χ0n) is 11.5. The average molecular weight is 264 g/mol. The Morgan fingerprint density at radius 1 is 1.05 bits per heavy atom. The van der Waals surface area contributed by atoms with Gasteiger partial charge in [-0.2, -0.15) is 5.10 Å². The predicted octanol–water partition coefficient (Wildman–Crippen LogP) is 3.04. The van der Waals surface area contributed by atoms with Crippen molar-refractivity contribution < 1.29 is 0 Å². The molecular formula is C16H16N4. The average Bonchev–Trinajstić information content (AvgIpc) is 2.82. The Morgan fingerprint density at radius 3 is 2.50 bits per heavy atom. The minimum absolute atomic E-state index is 0.735. The fraction of sp³-hybridized carbons (Fsp3) is 0.125. The van der Waals surface area contributed by atoms with E-state index in [2.05, 4.69) is 10.1 Å².